The highest BCUT2D eigenvalue weighted by molar-refractivity contribution is 5.91. The fraction of sp³-hybridized carbons (Fsp3) is 0.316. The average Bonchev–Trinajstić information content (AvgIpc) is 2.55. The number of hydrogen-bond donors (Lipinski definition) is 2. The molecule has 2 aromatic rings. The minimum atomic E-state index is -2.97. The summed E-state index contributed by atoms with van der Waals surface area (Å²) in [4.78, 5) is 12.1. The Hall–Kier alpha value is -2.83. The zero-order valence-corrected chi connectivity index (χ0v) is 14.9. The van der Waals surface area contributed by atoms with Gasteiger partial charge in [0.1, 0.15) is 11.5 Å². The Morgan fingerprint density at radius 3 is 2.54 bits per heavy atom. The number of aryl methyl sites for hydroxylation is 1. The highest BCUT2D eigenvalue weighted by Crippen LogP contribution is 2.29. The molecule has 0 aliphatic carbocycles. The highest BCUT2D eigenvalue weighted by Gasteiger charge is 2.14. The second-order valence-corrected chi connectivity index (χ2v) is 5.95. The van der Waals surface area contributed by atoms with Crippen molar-refractivity contribution in [2.45, 2.75) is 40.0 Å². The second kappa shape index (κ2) is 9.03. The number of urea groups is 1. The van der Waals surface area contributed by atoms with E-state index in [1.54, 1.807) is 19.1 Å². The maximum atomic E-state index is 12.5. The number of alkyl halides is 2. The molecule has 0 aromatic heterocycles. The molecule has 0 bridgehead atoms. The molecule has 140 valence electrons. The van der Waals surface area contributed by atoms with Gasteiger partial charge in [-0.05, 0) is 50.1 Å². The SMILES string of the molecule is Cc1cccc(OC(F)F)c1NC(=O)NCc1cccc(OC(C)C)c1. The number of nitrogens with one attached hydrogen (secondary N) is 2. The van der Waals surface area contributed by atoms with Gasteiger partial charge in [0.05, 0.1) is 11.8 Å². The third kappa shape index (κ3) is 5.91. The molecule has 0 saturated carbocycles. The first-order valence-corrected chi connectivity index (χ1v) is 8.20. The number of rotatable bonds is 7. The molecule has 2 amide bonds. The standard InChI is InChI=1S/C19H22F2N2O3/c1-12(2)25-15-8-5-7-14(10-15)11-22-19(24)23-17-13(3)6-4-9-16(17)26-18(20)21/h4-10,12,18H,11H2,1-3H3,(H2,22,23,24). The molecule has 0 spiro atoms. The summed E-state index contributed by atoms with van der Waals surface area (Å²) in [7, 11) is 0. The summed E-state index contributed by atoms with van der Waals surface area (Å²) in [5, 5.41) is 5.25. The van der Waals surface area contributed by atoms with Gasteiger partial charge in [-0.15, -0.1) is 0 Å². The Morgan fingerprint density at radius 2 is 1.85 bits per heavy atom. The van der Waals surface area contributed by atoms with Crippen LogP contribution in [0.15, 0.2) is 42.5 Å². The summed E-state index contributed by atoms with van der Waals surface area (Å²) >= 11 is 0. The van der Waals surface area contributed by atoms with Gasteiger partial charge < -0.3 is 20.1 Å². The van der Waals surface area contributed by atoms with Gasteiger partial charge in [-0.3, -0.25) is 0 Å². The summed E-state index contributed by atoms with van der Waals surface area (Å²) in [5.41, 5.74) is 1.68. The topological polar surface area (TPSA) is 59.6 Å². The van der Waals surface area contributed by atoms with Crippen molar-refractivity contribution in [2.75, 3.05) is 5.32 Å². The second-order valence-electron chi connectivity index (χ2n) is 5.95. The van der Waals surface area contributed by atoms with Crippen molar-refractivity contribution < 1.29 is 23.0 Å². The molecule has 0 saturated heterocycles. The molecule has 26 heavy (non-hydrogen) atoms. The van der Waals surface area contributed by atoms with Gasteiger partial charge in [-0.1, -0.05) is 24.3 Å². The first-order chi connectivity index (χ1) is 12.3. The zero-order chi connectivity index (χ0) is 19.1. The normalized spacial score (nSPS) is 10.7. The van der Waals surface area contributed by atoms with Crippen LogP contribution in [-0.4, -0.2) is 18.7 Å². The Balaban J connectivity index is 1.99. The van der Waals surface area contributed by atoms with E-state index in [0.717, 1.165) is 5.56 Å². The number of benzene rings is 2. The monoisotopic (exact) mass is 364 g/mol. The van der Waals surface area contributed by atoms with Crippen molar-refractivity contribution in [1.29, 1.82) is 0 Å². The Bertz CT molecular complexity index is 751. The number of anilines is 1. The minimum Gasteiger partial charge on any atom is -0.491 e. The van der Waals surface area contributed by atoms with E-state index in [0.29, 0.717) is 11.3 Å². The molecule has 5 nitrogen and oxygen atoms in total. The quantitative estimate of drug-likeness (QED) is 0.748. The third-order valence-corrected chi connectivity index (χ3v) is 3.41. The van der Waals surface area contributed by atoms with Crippen LogP contribution in [-0.2, 0) is 6.54 Å². The lowest BCUT2D eigenvalue weighted by Gasteiger charge is -2.15. The van der Waals surface area contributed by atoms with Gasteiger partial charge in [-0.2, -0.15) is 8.78 Å². The van der Waals surface area contributed by atoms with Crippen LogP contribution in [0.4, 0.5) is 19.3 Å². The molecule has 0 aliphatic heterocycles. The summed E-state index contributed by atoms with van der Waals surface area (Å²) in [6, 6.07) is 11.5. The predicted molar refractivity (Wildman–Crippen MR) is 95.9 cm³/mol. The van der Waals surface area contributed by atoms with E-state index in [4.69, 9.17) is 4.74 Å². The van der Waals surface area contributed by atoms with Gasteiger partial charge >= 0.3 is 12.6 Å². The molecule has 0 fully saturated rings. The van der Waals surface area contributed by atoms with Crippen LogP contribution >= 0.6 is 0 Å². The van der Waals surface area contributed by atoms with Gasteiger partial charge in [0.15, 0.2) is 0 Å². The molecule has 2 aromatic carbocycles. The lowest BCUT2D eigenvalue weighted by molar-refractivity contribution is -0.0493. The van der Waals surface area contributed by atoms with E-state index in [2.05, 4.69) is 15.4 Å². The van der Waals surface area contributed by atoms with Gasteiger partial charge in [0.2, 0.25) is 0 Å². The van der Waals surface area contributed by atoms with Crippen molar-refractivity contribution in [1.82, 2.24) is 5.32 Å². The van der Waals surface area contributed by atoms with E-state index in [1.807, 2.05) is 38.1 Å². The maximum absolute atomic E-state index is 12.5. The van der Waals surface area contributed by atoms with Gasteiger partial charge in [-0.25, -0.2) is 4.79 Å². The summed E-state index contributed by atoms with van der Waals surface area (Å²) in [5.74, 6) is 0.633. The first kappa shape index (κ1) is 19.5. The van der Waals surface area contributed by atoms with Crippen molar-refractivity contribution in [3.8, 4) is 11.5 Å². The van der Waals surface area contributed by atoms with E-state index >= 15 is 0 Å². The molecule has 2 rings (SSSR count). The van der Waals surface area contributed by atoms with Crippen molar-refractivity contribution in [2.24, 2.45) is 0 Å². The van der Waals surface area contributed by atoms with E-state index < -0.39 is 12.6 Å². The molecule has 0 atom stereocenters. The Kier molecular flexibility index (Phi) is 6.77. The van der Waals surface area contributed by atoms with Crippen LogP contribution in [0, 0.1) is 6.92 Å². The third-order valence-electron chi connectivity index (χ3n) is 3.41. The number of carbonyl (C=O) groups is 1. The zero-order valence-electron chi connectivity index (χ0n) is 14.9. The lowest BCUT2D eigenvalue weighted by Crippen LogP contribution is -2.28. The van der Waals surface area contributed by atoms with Crippen LogP contribution in [0.2, 0.25) is 0 Å². The smallest absolute Gasteiger partial charge is 0.387 e. The molecular weight excluding hydrogens is 342 g/mol. The predicted octanol–water partition coefficient (Wildman–Crippen LogP) is 4.71. The van der Waals surface area contributed by atoms with Crippen LogP contribution in [0.3, 0.4) is 0 Å². The maximum Gasteiger partial charge on any atom is 0.387 e. The molecule has 0 radical (unpaired) electrons. The van der Waals surface area contributed by atoms with Gasteiger partial charge in [0, 0.05) is 6.54 Å². The van der Waals surface area contributed by atoms with E-state index in [1.165, 1.54) is 6.07 Å². The number of halogens is 2. The van der Waals surface area contributed by atoms with Crippen molar-refractivity contribution in [3.63, 3.8) is 0 Å². The highest BCUT2D eigenvalue weighted by atomic mass is 19.3. The van der Waals surface area contributed by atoms with Crippen LogP contribution in [0.5, 0.6) is 11.5 Å². The molecule has 0 heterocycles. The van der Waals surface area contributed by atoms with Crippen LogP contribution < -0.4 is 20.1 Å². The van der Waals surface area contributed by atoms with Gasteiger partial charge in [0.25, 0.3) is 0 Å². The molecule has 7 heteroatoms. The molecule has 0 aliphatic rings. The molecule has 0 unspecified atom stereocenters. The average molecular weight is 364 g/mol. The number of carbonyl (C=O) groups excluding carboxylic acids is 1. The minimum absolute atomic E-state index is 0.0517. The number of amides is 2. The molecule has 2 N–H and O–H groups in total. The largest absolute Gasteiger partial charge is 0.491 e. The lowest BCUT2D eigenvalue weighted by atomic mass is 10.2. The Morgan fingerprint density at radius 1 is 1.12 bits per heavy atom. The van der Waals surface area contributed by atoms with E-state index in [9.17, 15) is 13.6 Å². The Labute approximate surface area is 151 Å². The van der Waals surface area contributed by atoms with Crippen LogP contribution in [0.25, 0.3) is 0 Å². The first-order valence-electron chi connectivity index (χ1n) is 8.20. The van der Waals surface area contributed by atoms with E-state index in [-0.39, 0.29) is 24.1 Å². The fourth-order valence-corrected chi connectivity index (χ4v) is 2.34. The van der Waals surface area contributed by atoms with Crippen LogP contribution in [0.1, 0.15) is 25.0 Å². The number of para-hydroxylation sites is 1. The summed E-state index contributed by atoms with van der Waals surface area (Å²) < 4.78 is 35.1. The van der Waals surface area contributed by atoms with Crippen molar-refractivity contribution >= 4 is 11.7 Å². The van der Waals surface area contributed by atoms with Crippen molar-refractivity contribution in [3.05, 3.63) is 53.6 Å². The summed E-state index contributed by atoms with van der Waals surface area (Å²) in [6.45, 7) is 2.85. The fourth-order valence-electron chi connectivity index (χ4n) is 2.34. The number of hydrogen-bond acceptors (Lipinski definition) is 3. The summed E-state index contributed by atoms with van der Waals surface area (Å²) in [6.07, 6.45) is 0.0517. The number of ether oxygens (including phenoxy) is 2. The molecular formula is C19H22F2N2O3.